The number of nitrogens with zero attached hydrogens (tertiary/aromatic N) is 2. The van der Waals surface area contributed by atoms with E-state index in [1.165, 1.54) is 22.3 Å². The van der Waals surface area contributed by atoms with E-state index in [0.29, 0.717) is 0 Å². The van der Waals surface area contributed by atoms with Gasteiger partial charge in [0, 0.05) is 16.8 Å². The molecule has 2 aromatic heterocycles. The lowest BCUT2D eigenvalue weighted by Gasteiger charge is -1.93. The molecule has 0 aliphatic carbocycles. The third-order valence-electron chi connectivity index (χ3n) is 3.31. The van der Waals surface area contributed by atoms with Gasteiger partial charge in [-0.15, -0.1) is 0 Å². The Bertz CT molecular complexity index is 695. The summed E-state index contributed by atoms with van der Waals surface area (Å²) in [6, 6.07) is 14.9. The monoisotopic (exact) mass is 207 g/mol. The van der Waals surface area contributed by atoms with E-state index in [0.717, 1.165) is 6.54 Å². The van der Waals surface area contributed by atoms with E-state index < -0.39 is 0 Å². The average Bonchev–Trinajstić information content (AvgIpc) is 2.85. The van der Waals surface area contributed by atoms with Gasteiger partial charge in [0.2, 0.25) is 0 Å². The SMILES string of the molecule is c1cc[n+]2c(c1)-n1cc3ccccc3c1C2. The first-order valence-corrected chi connectivity index (χ1v) is 5.51. The third-order valence-corrected chi connectivity index (χ3v) is 3.31. The van der Waals surface area contributed by atoms with Gasteiger partial charge in [-0.05, 0) is 6.07 Å². The molecule has 16 heavy (non-hydrogen) atoms. The first-order valence-electron chi connectivity index (χ1n) is 5.51. The van der Waals surface area contributed by atoms with Crippen molar-refractivity contribution in [3.63, 3.8) is 0 Å². The molecule has 0 unspecified atom stereocenters. The summed E-state index contributed by atoms with van der Waals surface area (Å²) in [6.07, 6.45) is 4.36. The molecule has 0 bridgehead atoms. The molecule has 76 valence electrons. The Morgan fingerprint density at radius 3 is 2.88 bits per heavy atom. The summed E-state index contributed by atoms with van der Waals surface area (Å²) in [5, 5.41) is 2.69. The molecule has 0 radical (unpaired) electrons. The molecule has 2 heteroatoms. The van der Waals surface area contributed by atoms with Crippen LogP contribution in [0.1, 0.15) is 5.69 Å². The van der Waals surface area contributed by atoms with Crippen LogP contribution in [0.25, 0.3) is 16.6 Å². The highest BCUT2D eigenvalue weighted by atomic mass is 15.2. The first-order chi connectivity index (χ1) is 7.93. The summed E-state index contributed by atoms with van der Waals surface area (Å²) in [5.74, 6) is 1.26. The number of aromatic nitrogens is 2. The third kappa shape index (κ3) is 0.890. The first kappa shape index (κ1) is 8.11. The molecule has 3 aromatic rings. The lowest BCUT2D eigenvalue weighted by atomic mass is 10.2. The van der Waals surface area contributed by atoms with Crippen molar-refractivity contribution in [1.29, 1.82) is 0 Å². The molecule has 0 N–H and O–H groups in total. The van der Waals surface area contributed by atoms with Crippen LogP contribution in [0.2, 0.25) is 0 Å². The van der Waals surface area contributed by atoms with Gasteiger partial charge >= 0.3 is 0 Å². The van der Waals surface area contributed by atoms with Crippen molar-refractivity contribution in [1.82, 2.24) is 4.57 Å². The minimum atomic E-state index is 0.976. The molecule has 1 aliphatic heterocycles. The summed E-state index contributed by atoms with van der Waals surface area (Å²) in [7, 11) is 0. The van der Waals surface area contributed by atoms with Crippen LogP contribution < -0.4 is 4.57 Å². The molecule has 0 amide bonds. The van der Waals surface area contributed by atoms with Crippen LogP contribution in [0.3, 0.4) is 0 Å². The number of hydrogen-bond donors (Lipinski definition) is 0. The minimum absolute atomic E-state index is 0.976. The van der Waals surface area contributed by atoms with E-state index in [2.05, 4.69) is 64.0 Å². The normalized spacial score (nSPS) is 12.8. The lowest BCUT2D eigenvalue weighted by molar-refractivity contribution is -0.674. The topological polar surface area (TPSA) is 8.81 Å². The largest absolute Gasteiger partial charge is 0.286 e. The summed E-state index contributed by atoms with van der Waals surface area (Å²) in [6.45, 7) is 0.976. The molecule has 0 saturated heterocycles. The van der Waals surface area contributed by atoms with Crippen molar-refractivity contribution in [3.8, 4) is 5.82 Å². The smallest absolute Gasteiger partial charge is 0.226 e. The van der Waals surface area contributed by atoms with Crippen molar-refractivity contribution in [3.05, 3.63) is 60.6 Å². The molecule has 4 rings (SSSR count). The molecule has 2 nitrogen and oxygen atoms in total. The second kappa shape index (κ2) is 2.73. The fourth-order valence-electron chi connectivity index (χ4n) is 2.57. The zero-order chi connectivity index (χ0) is 10.5. The highest BCUT2D eigenvalue weighted by molar-refractivity contribution is 5.86. The maximum atomic E-state index is 2.30. The molecule has 0 fully saturated rings. The standard InChI is InChI=1S/C14H11N2/c1-2-6-12-11(5-1)9-16-13(12)10-15-8-4-3-7-14(15)16/h1-9H,10H2/q+1. The Hall–Kier alpha value is -2.09. The molecule has 1 aliphatic rings. The van der Waals surface area contributed by atoms with Gasteiger partial charge in [0.15, 0.2) is 12.2 Å². The second-order valence-corrected chi connectivity index (χ2v) is 4.22. The Kier molecular flexibility index (Phi) is 1.38. The van der Waals surface area contributed by atoms with Gasteiger partial charge in [0.1, 0.15) is 6.20 Å². The number of fused-ring (bicyclic) bond motifs is 5. The van der Waals surface area contributed by atoms with Gasteiger partial charge in [0.25, 0.3) is 5.82 Å². The van der Waals surface area contributed by atoms with E-state index in [9.17, 15) is 0 Å². The van der Waals surface area contributed by atoms with E-state index in [4.69, 9.17) is 0 Å². The van der Waals surface area contributed by atoms with Crippen molar-refractivity contribution in [2.45, 2.75) is 6.54 Å². The molecule has 3 heterocycles. The predicted octanol–water partition coefficient (Wildman–Crippen LogP) is 2.28. The van der Waals surface area contributed by atoms with Crippen LogP contribution in [0.5, 0.6) is 0 Å². The summed E-state index contributed by atoms with van der Waals surface area (Å²) in [5.41, 5.74) is 1.39. The zero-order valence-electron chi connectivity index (χ0n) is 8.80. The van der Waals surface area contributed by atoms with E-state index in [-0.39, 0.29) is 0 Å². The molecule has 1 aromatic carbocycles. The Labute approximate surface area is 93.4 Å². The predicted molar refractivity (Wildman–Crippen MR) is 62.6 cm³/mol. The molecule has 0 spiro atoms. The van der Waals surface area contributed by atoms with Crippen LogP contribution in [0.4, 0.5) is 0 Å². The van der Waals surface area contributed by atoms with Crippen LogP contribution >= 0.6 is 0 Å². The van der Waals surface area contributed by atoms with Crippen molar-refractivity contribution >= 4 is 10.8 Å². The zero-order valence-corrected chi connectivity index (χ0v) is 8.80. The lowest BCUT2D eigenvalue weighted by Crippen LogP contribution is -2.32. The van der Waals surface area contributed by atoms with Gasteiger partial charge in [-0.2, -0.15) is 4.57 Å². The minimum Gasteiger partial charge on any atom is -0.226 e. The van der Waals surface area contributed by atoms with Gasteiger partial charge < -0.3 is 0 Å². The molecule has 0 saturated carbocycles. The fraction of sp³-hybridized carbons (Fsp3) is 0.0714. The van der Waals surface area contributed by atoms with Gasteiger partial charge in [-0.25, -0.2) is 4.57 Å². The quantitative estimate of drug-likeness (QED) is 0.391. The van der Waals surface area contributed by atoms with Gasteiger partial charge in [0.05, 0.1) is 6.20 Å². The molecular weight excluding hydrogens is 196 g/mol. The van der Waals surface area contributed by atoms with Crippen LogP contribution in [0, 0.1) is 0 Å². The Balaban J connectivity index is 2.12. The average molecular weight is 207 g/mol. The number of rotatable bonds is 0. The number of benzene rings is 1. The van der Waals surface area contributed by atoms with Crippen molar-refractivity contribution in [2.24, 2.45) is 0 Å². The molecule has 0 atom stereocenters. The maximum Gasteiger partial charge on any atom is 0.286 e. The Morgan fingerprint density at radius 1 is 1.00 bits per heavy atom. The van der Waals surface area contributed by atoms with Crippen LogP contribution in [-0.4, -0.2) is 4.57 Å². The van der Waals surface area contributed by atoms with E-state index >= 15 is 0 Å². The second-order valence-electron chi connectivity index (χ2n) is 4.22. The van der Waals surface area contributed by atoms with Crippen molar-refractivity contribution < 1.29 is 4.57 Å². The van der Waals surface area contributed by atoms with Gasteiger partial charge in [-0.3, -0.25) is 0 Å². The summed E-state index contributed by atoms with van der Waals surface area (Å²) < 4.78 is 4.58. The van der Waals surface area contributed by atoms with Gasteiger partial charge in [-0.1, -0.05) is 30.3 Å². The van der Waals surface area contributed by atoms with E-state index in [1.54, 1.807) is 0 Å². The van der Waals surface area contributed by atoms with E-state index in [1.807, 2.05) is 0 Å². The van der Waals surface area contributed by atoms with Crippen molar-refractivity contribution in [2.75, 3.05) is 0 Å². The highest BCUT2D eigenvalue weighted by Gasteiger charge is 2.27. The fourth-order valence-corrected chi connectivity index (χ4v) is 2.57. The number of pyridine rings is 1. The van der Waals surface area contributed by atoms with Crippen LogP contribution in [0.15, 0.2) is 54.9 Å². The Morgan fingerprint density at radius 2 is 1.88 bits per heavy atom. The number of hydrogen-bond acceptors (Lipinski definition) is 0. The molecular formula is C14H11N2+. The maximum absolute atomic E-state index is 2.30. The summed E-state index contributed by atoms with van der Waals surface area (Å²) >= 11 is 0. The van der Waals surface area contributed by atoms with Crippen LogP contribution in [-0.2, 0) is 6.54 Å². The highest BCUT2D eigenvalue weighted by Crippen LogP contribution is 2.26. The summed E-state index contributed by atoms with van der Waals surface area (Å²) in [4.78, 5) is 0.